The average molecular weight is 512 g/mol. The van der Waals surface area contributed by atoms with Gasteiger partial charge in [0.15, 0.2) is 5.78 Å². The molecule has 0 saturated carbocycles. The van der Waals surface area contributed by atoms with Crippen molar-refractivity contribution in [3.05, 3.63) is 95.2 Å². The number of carbonyl (C=O) groups excluding carboxylic acids is 1. The third kappa shape index (κ3) is 6.32. The second kappa shape index (κ2) is 12.1. The number of benzene rings is 3. The monoisotopic (exact) mass is 511 g/mol. The van der Waals surface area contributed by atoms with Crippen LogP contribution in [-0.4, -0.2) is 30.6 Å². The van der Waals surface area contributed by atoms with Crippen molar-refractivity contribution in [2.75, 3.05) is 19.8 Å². The smallest absolute Gasteiger partial charge is 0.160 e. The third-order valence-corrected chi connectivity index (χ3v) is 6.89. The lowest BCUT2D eigenvalue weighted by Gasteiger charge is -2.22. The van der Waals surface area contributed by atoms with Crippen LogP contribution in [0.4, 0.5) is 0 Å². The van der Waals surface area contributed by atoms with Crippen LogP contribution < -0.4 is 14.2 Å². The van der Waals surface area contributed by atoms with Crippen molar-refractivity contribution < 1.29 is 23.7 Å². The Hall–Kier alpha value is -3.90. The van der Waals surface area contributed by atoms with Crippen molar-refractivity contribution in [2.45, 2.75) is 39.9 Å². The summed E-state index contributed by atoms with van der Waals surface area (Å²) in [5.74, 6) is 2.42. The van der Waals surface area contributed by atoms with Crippen molar-refractivity contribution in [1.82, 2.24) is 4.98 Å². The van der Waals surface area contributed by atoms with Gasteiger partial charge in [-0.2, -0.15) is 0 Å². The molecule has 1 aromatic heterocycles. The predicted molar refractivity (Wildman–Crippen MR) is 147 cm³/mol. The molecule has 3 aromatic carbocycles. The lowest BCUT2D eigenvalue weighted by atomic mass is 10.0. The van der Waals surface area contributed by atoms with E-state index >= 15 is 0 Å². The van der Waals surface area contributed by atoms with E-state index in [0.717, 1.165) is 59.5 Å². The summed E-state index contributed by atoms with van der Waals surface area (Å²) in [6.07, 6.45) is 1.97. The van der Waals surface area contributed by atoms with Gasteiger partial charge in [-0.1, -0.05) is 42.5 Å². The first-order chi connectivity index (χ1) is 18.6. The van der Waals surface area contributed by atoms with Gasteiger partial charge in [-0.05, 0) is 62.4 Å². The molecule has 0 atom stereocenters. The zero-order valence-electron chi connectivity index (χ0n) is 21.9. The lowest BCUT2D eigenvalue weighted by Crippen LogP contribution is -2.21. The minimum atomic E-state index is -0.0389. The molecule has 6 nitrogen and oxygen atoms in total. The Morgan fingerprint density at radius 3 is 2.37 bits per heavy atom. The van der Waals surface area contributed by atoms with E-state index in [2.05, 4.69) is 0 Å². The molecule has 0 unspecified atom stereocenters. The Bertz CT molecular complexity index is 1400. The Kier molecular flexibility index (Phi) is 8.19. The maximum absolute atomic E-state index is 12.2. The van der Waals surface area contributed by atoms with E-state index in [-0.39, 0.29) is 12.4 Å². The number of para-hydroxylation sites is 1. The number of hydrogen-bond donors (Lipinski definition) is 0. The highest BCUT2D eigenvalue weighted by Gasteiger charge is 2.17. The Labute approximate surface area is 223 Å². The molecule has 196 valence electrons. The standard InChI is InChI=1S/C32H33NO5/c1-22-31(33-30-11-7-6-10-29(30)32(22)38-20-24-8-4-3-5-9-24)21-37-28-17-26(23(2)34)16-27(18-28)36-19-25-12-14-35-15-13-25/h3-11,16-18,25H,12-15,19-21H2,1-2H3. The molecule has 0 aliphatic carbocycles. The maximum Gasteiger partial charge on any atom is 0.160 e. The predicted octanol–water partition coefficient (Wildman–Crippen LogP) is 6.71. The SMILES string of the molecule is CC(=O)c1cc(OCc2nc3ccccc3c(OCc3ccccc3)c2C)cc(OCC2CCOCC2)c1. The van der Waals surface area contributed by atoms with Gasteiger partial charge in [-0.25, -0.2) is 4.98 Å². The van der Waals surface area contributed by atoms with Gasteiger partial charge in [0, 0.05) is 35.8 Å². The van der Waals surface area contributed by atoms with Crippen molar-refractivity contribution in [3.8, 4) is 17.2 Å². The van der Waals surface area contributed by atoms with Crippen molar-refractivity contribution in [1.29, 1.82) is 0 Å². The van der Waals surface area contributed by atoms with Gasteiger partial charge < -0.3 is 18.9 Å². The van der Waals surface area contributed by atoms with Crippen LogP contribution in [0.2, 0.25) is 0 Å². The first kappa shape index (κ1) is 25.7. The zero-order chi connectivity index (χ0) is 26.3. The summed E-state index contributed by atoms with van der Waals surface area (Å²) in [7, 11) is 0. The van der Waals surface area contributed by atoms with Crippen LogP contribution >= 0.6 is 0 Å². The summed E-state index contributed by atoms with van der Waals surface area (Å²) in [6, 6.07) is 23.4. The van der Waals surface area contributed by atoms with Gasteiger partial charge in [0.1, 0.15) is 30.5 Å². The van der Waals surface area contributed by atoms with E-state index in [1.165, 1.54) is 0 Å². The van der Waals surface area contributed by atoms with E-state index in [9.17, 15) is 4.79 Å². The molecule has 1 saturated heterocycles. The summed E-state index contributed by atoms with van der Waals surface area (Å²) in [5.41, 5.74) is 4.21. The Morgan fingerprint density at radius 1 is 0.895 bits per heavy atom. The van der Waals surface area contributed by atoms with E-state index in [1.807, 2.05) is 67.6 Å². The van der Waals surface area contributed by atoms with Crippen LogP contribution in [0.25, 0.3) is 10.9 Å². The lowest BCUT2D eigenvalue weighted by molar-refractivity contribution is 0.0497. The average Bonchev–Trinajstić information content (AvgIpc) is 2.95. The molecule has 0 bridgehead atoms. The number of hydrogen-bond acceptors (Lipinski definition) is 6. The largest absolute Gasteiger partial charge is 0.493 e. The molecule has 4 aromatic rings. The topological polar surface area (TPSA) is 66.9 Å². The summed E-state index contributed by atoms with van der Waals surface area (Å²) in [5, 5.41) is 0.965. The normalized spacial score (nSPS) is 13.8. The molecule has 1 aliphatic heterocycles. The number of ketones is 1. The number of carbonyl (C=O) groups is 1. The van der Waals surface area contributed by atoms with Crippen LogP contribution in [0.15, 0.2) is 72.8 Å². The van der Waals surface area contributed by atoms with E-state index in [1.54, 1.807) is 19.1 Å². The number of ether oxygens (including phenoxy) is 4. The first-order valence-corrected chi connectivity index (χ1v) is 13.1. The van der Waals surface area contributed by atoms with Gasteiger partial charge in [0.05, 0.1) is 17.8 Å². The summed E-state index contributed by atoms with van der Waals surface area (Å²) in [4.78, 5) is 17.1. The van der Waals surface area contributed by atoms with E-state index in [0.29, 0.717) is 36.2 Å². The van der Waals surface area contributed by atoms with Crippen LogP contribution in [0.1, 0.15) is 46.9 Å². The zero-order valence-corrected chi connectivity index (χ0v) is 21.9. The Balaban J connectivity index is 1.36. The molecule has 38 heavy (non-hydrogen) atoms. The number of rotatable bonds is 10. The second-order valence-electron chi connectivity index (χ2n) is 9.71. The summed E-state index contributed by atoms with van der Waals surface area (Å²) in [6.45, 7) is 6.39. The molecular formula is C32H33NO5. The number of fused-ring (bicyclic) bond motifs is 1. The summed E-state index contributed by atoms with van der Waals surface area (Å²) >= 11 is 0. The third-order valence-electron chi connectivity index (χ3n) is 6.89. The molecule has 0 amide bonds. The molecule has 6 heteroatoms. The minimum absolute atomic E-state index is 0.0389. The molecule has 2 heterocycles. The maximum atomic E-state index is 12.2. The molecule has 1 aliphatic rings. The molecule has 0 spiro atoms. The Morgan fingerprint density at radius 2 is 1.61 bits per heavy atom. The highest BCUT2D eigenvalue weighted by molar-refractivity contribution is 5.95. The van der Waals surface area contributed by atoms with Crippen molar-refractivity contribution in [2.24, 2.45) is 5.92 Å². The second-order valence-corrected chi connectivity index (χ2v) is 9.71. The molecule has 1 fully saturated rings. The highest BCUT2D eigenvalue weighted by atomic mass is 16.5. The fourth-order valence-electron chi connectivity index (χ4n) is 4.60. The molecule has 0 radical (unpaired) electrons. The number of nitrogens with zero attached hydrogens (tertiary/aromatic N) is 1. The van der Waals surface area contributed by atoms with Gasteiger partial charge >= 0.3 is 0 Å². The first-order valence-electron chi connectivity index (χ1n) is 13.1. The summed E-state index contributed by atoms with van der Waals surface area (Å²) < 4.78 is 24.0. The quantitative estimate of drug-likeness (QED) is 0.221. The van der Waals surface area contributed by atoms with Crippen LogP contribution in [-0.2, 0) is 18.0 Å². The van der Waals surface area contributed by atoms with E-state index < -0.39 is 0 Å². The molecule has 0 N–H and O–H groups in total. The van der Waals surface area contributed by atoms with Gasteiger partial charge in [0.2, 0.25) is 0 Å². The molecule has 5 rings (SSSR count). The fourth-order valence-corrected chi connectivity index (χ4v) is 4.60. The number of aromatic nitrogens is 1. The van der Waals surface area contributed by atoms with E-state index in [4.69, 9.17) is 23.9 Å². The van der Waals surface area contributed by atoms with Gasteiger partial charge in [-0.15, -0.1) is 0 Å². The highest BCUT2D eigenvalue weighted by Crippen LogP contribution is 2.32. The van der Waals surface area contributed by atoms with Crippen LogP contribution in [0.5, 0.6) is 17.2 Å². The molecular weight excluding hydrogens is 478 g/mol. The fraction of sp³-hybridized carbons (Fsp3) is 0.312. The van der Waals surface area contributed by atoms with Crippen LogP contribution in [0, 0.1) is 12.8 Å². The van der Waals surface area contributed by atoms with Crippen molar-refractivity contribution >= 4 is 16.7 Å². The van der Waals surface area contributed by atoms with Crippen LogP contribution in [0.3, 0.4) is 0 Å². The van der Waals surface area contributed by atoms with Gasteiger partial charge in [-0.3, -0.25) is 4.79 Å². The van der Waals surface area contributed by atoms with Gasteiger partial charge in [0.25, 0.3) is 0 Å². The number of Topliss-reactive ketones (excluding diaryl/α,β-unsaturated/α-hetero) is 1. The minimum Gasteiger partial charge on any atom is -0.493 e. The number of pyridine rings is 1. The van der Waals surface area contributed by atoms with Crippen molar-refractivity contribution in [3.63, 3.8) is 0 Å².